The van der Waals surface area contributed by atoms with E-state index in [-0.39, 0.29) is 18.4 Å². The topological polar surface area (TPSA) is 68.7 Å². The summed E-state index contributed by atoms with van der Waals surface area (Å²) in [5.74, 6) is 0.327. The number of nitrogens with one attached hydrogen (secondary N) is 1. The van der Waals surface area contributed by atoms with Gasteiger partial charge in [0.05, 0.1) is 5.92 Å². The van der Waals surface area contributed by atoms with Crippen LogP contribution in [0.2, 0.25) is 0 Å². The van der Waals surface area contributed by atoms with Gasteiger partial charge < -0.3 is 10.4 Å². The molecule has 6 nitrogen and oxygen atoms in total. The lowest BCUT2D eigenvalue weighted by molar-refractivity contribution is -0.127. The molecule has 1 aromatic heterocycles. The number of unbranched alkanes of at least 4 members (excludes halogenated alkanes) is 1. The van der Waals surface area contributed by atoms with Gasteiger partial charge in [-0.15, -0.1) is 0 Å². The normalized spacial score (nSPS) is 22.6. The molecule has 150 valence electrons. The van der Waals surface area contributed by atoms with Gasteiger partial charge in [-0.25, -0.2) is 0 Å². The van der Waals surface area contributed by atoms with E-state index in [0.29, 0.717) is 12.6 Å². The summed E-state index contributed by atoms with van der Waals surface area (Å²) in [5, 5.41) is 11.9. The molecular weight excluding hydrogens is 340 g/mol. The third-order valence-corrected chi connectivity index (χ3v) is 5.91. The Labute approximate surface area is 163 Å². The Morgan fingerprint density at radius 2 is 2.07 bits per heavy atom. The van der Waals surface area contributed by atoms with Crippen molar-refractivity contribution in [3.05, 3.63) is 30.1 Å². The van der Waals surface area contributed by atoms with Crippen LogP contribution in [0.15, 0.2) is 24.5 Å². The zero-order valence-electron chi connectivity index (χ0n) is 16.4. The van der Waals surface area contributed by atoms with Crippen LogP contribution >= 0.6 is 0 Å². The van der Waals surface area contributed by atoms with Crippen molar-refractivity contribution < 1.29 is 9.90 Å². The molecule has 1 unspecified atom stereocenters. The minimum absolute atomic E-state index is 0.126. The Morgan fingerprint density at radius 3 is 2.81 bits per heavy atom. The van der Waals surface area contributed by atoms with E-state index in [2.05, 4.69) is 26.2 Å². The molecular formula is C21H34N4O2. The molecule has 3 heterocycles. The van der Waals surface area contributed by atoms with Gasteiger partial charge in [0.2, 0.25) is 5.91 Å². The quantitative estimate of drug-likeness (QED) is 0.677. The van der Waals surface area contributed by atoms with Gasteiger partial charge in [0.25, 0.3) is 0 Å². The third kappa shape index (κ3) is 6.26. The number of piperidine rings is 2. The lowest BCUT2D eigenvalue weighted by Gasteiger charge is -2.42. The Bertz CT molecular complexity index is 561. The van der Waals surface area contributed by atoms with Crippen molar-refractivity contribution in [1.29, 1.82) is 0 Å². The third-order valence-electron chi connectivity index (χ3n) is 5.91. The number of hydrogen-bond acceptors (Lipinski definition) is 5. The highest BCUT2D eigenvalue weighted by Crippen LogP contribution is 2.24. The van der Waals surface area contributed by atoms with Crippen LogP contribution in [-0.2, 0) is 11.3 Å². The van der Waals surface area contributed by atoms with E-state index < -0.39 is 0 Å². The summed E-state index contributed by atoms with van der Waals surface area (Å²) in [6.45, 7) is 6.14. The lowest BCUT2D eigenvalue weighted by Crippen LogP contribution is -2.50. The number of amides is 1. The standard InChI is InChI=1S/C21H34N4O2/c26-14-2-1-10-23-21(27)19-6-4-11-25(17-19)20-7-12-24(13-8-20)16-18-5-3-9-22-15-18/h3,5,9,15,19-20,26H,1-2,4,6-8,10-14,16-17H2,(H,23,27). The van der Waals surface area contributed by atoms with Crippen LogP contribution in [0.5, 0.6) is 0 Å². The number of aromatic nitrogens is 1. The number of aliphatic hydroxyl groups excluding tert-OH is 1. The number of hydrogen-bond donors (Lipinski definition) is 2. The van der Waals surface area contributed by atoms with Crippen LogP contribution in [-0.4, -0.2) is 71.2 Å². The smallest absolute Gasteiger partial charge is 0.224 e. The van der Waals surface area contributed by atoms with E-state index in [1.165, 1.54) is 18.4 Å². The second-order valence-corrected chi connectivity index (χ2v) is 7.92. The molecule has 2 saturated heterocycles. The van der Waals surface area contributed by atoms with Crippen LogP contribution in [0.4, 0.5) is 0 Å². The average molecular weight is 375 g/mol. The number of rotatable bonds is 8. The molecule has 3 rings (SSSR count). The monoisotopic (exact) mass is 374 g/mol. The van der Waals surface area contributed by atoms with Crippen LogP contribution < -0.4 is 5.32 Å². The predicted molar refractivity (Wildman–Crippen MR) is 106 cm³/mol. The number of nitrogens with zero attached hydrogens (tertiary/aromatic N) is 3. The van der Waals surface area contributed by atoms with Crippen LogP contribution in [0.25, 0.3) is 0 Å². The zero-order chi connectivity index (χ0) is 18.9. The molecule has 0 saturated carbocycles. The molecule has 2 aliphatic rings. The fraction of sp³-hybridized carbons (Fsp3) is 0.714. The van der Waals surface area contributed by atoms with E-state index in [4.69, 9.17) is 5.11 Å². The van der Waals surface area contributed by atoms with Crippen molar-refractivity contribution in [1.82, 2.24) is 20.1 Å². The Morgan fingerprint density at radius 1 is 1.22 bits per heavy atom. The minimum Gasteiger partial charge on any atom is -0.396 e. The molecule has 0 bridgehead atoms. The first-order valence-corrected chi connectivity index (χ1v) is 10.5. The average Bonchev–Trinajstić information content (AvgIpc) is 2.72. The van der Waals surface area contributed by atoms with Gasteiger partial charge in [0.15, 0.2) is 0 Å². The van der Waals surface area contributed by atoms with Crippen molar-refractivity contribution in [2.24, 2.45) is 5.92 Å². The van der Waals surface area contributed by atoms with Crippen LogP contribution in [0.1, 0.15) is 44.1 Å². The maximum atomic E-state index is 12.4. The summed E-state index contributed by atoms with van der Waals surface area (Å²) < 4.78 is 0. The Hall–Kier alpha value is -1.50. The number of pyridine rings is 1. The predicted octanol–water partition coefficient (Wildman–Crippen LogP) is 1.65. The molecule has 6 heteroatoms. The van der Waals surface area contributed by atoms with E-state index in [0.717, 1.165) is 58.4 Å². The van der Waals surface area contributed by atoms with E-state index in [1.54, 1.807) is 0 Å². The second-order valence-electron chi connectivity index (χ2n) is 7.92. The largest absolute Gasteiger partial charge is 0.396 e. The molecule has 2 aliphatic heterocycles. The maximum absolute atomic E-state index is 12.4. The van der Waals surface area contributed by atoms with Gasteiger partial charge in [0.1, 0.15) is 0 Å². The van der Waals surface area contributed by atoms with Gasteiger partial charge in [0, 0.05) is 44.7 Å². The first-order chi connectivity index (χ1) is 13.3. The number of aliphatic hydroxyl groups is 1. The summed E-state index contributed by atoms with van der Waals surface area (Å²) in [7, 11) is 0. The maximum Gasteiger partial charge on any atom is 0.224 e. The highest BCUT2D eigenvalue weighted by atomic mass is 16.3. The van der Waals surface area contributed by atoms with Gasteiger partial charge in [-0.05, 0) is 69.8 Å². The van der Waals surface area contributed by atoms with Gasteiger partial charge in [-0.2, -0.15) is 0 Å². The van der Waals surface area contributed by atoms with Crippen molar-refractivity contribution in [2.45, 2.75) is 51.1 Å². The van der Waals surface area contributed by atoms with Gasteiger partial charge in [-0.1, -0.05) is 6.07 Å². The summed E-state index contributed by atoms with van der Waals surface area (Å²) in [4.78, 5) is 21.7. The summed E-state index contributed by atoms with van der Waals surface area (Å²) in [6.07, 6.45) is 9.89. The fourth-order valence-corrected chi connectivity index (χ4v) is 4.34. The van der Waals surface area contributed by atoms with E-state index in [1.807, 2.05) is 18.5 Å². The molecule has 0 aliphatic carbocycles. The molecule has 2 fully saturated rings. The fourth-order valence-electron chi connectivity index (χ4n) is 4.34. The van der Waals surface area contributed by atoms with Crippen molar-refractivity contribution in [3.8, 4) is 0 Å². The molecule has 0 radical (unpaired) electrons. The summed E-state index contributed by atoms with van der Waals surface area (Å²) in [5.41, 5.74) is 1.28. The molecule has 0 spiro atoms. The summed E-state index contributed by atoms with van der Waals surface area (Å²) >= 11 is 0. The highest BCUT2D eigenvalue weighted by molar-refractivity contribution is 5.78. The van der Waals surface area contributed by atoms with Crippen molar-refractivity contribution >= 4 is 5.91 Å². The van der Waals surface area contributed by atoms with Crippen LogP contribution in [0, 0.1) is 5.92 Å². The minimum atomic E-state index is 0.126. The molecule has 0 aromatic carbocycles. The van der Waals surface area contributed by atoms with E-state index >= 15 is 0 Å². The number of likely N-dealkylation sites (tertiary alicyclic amines) is 2. The first kappa shape index (κ1) is 20.2. The zero-order valence-corrected chi connectivity index (χ0v) is 16.4. The van der Waals surface area contributed by atoms with E-state index in [9.17, 15) is 4.79 Å². The van der Waals surface area contributed by atoms with Gasteiger partial charge in [-0.3, -0.25) is 19.6 Å². The molecule has 27 heavy (non-hydrogen) atoms. The number of carbonyl (C=O) groups excluding carboxylic acids is 1. The van der Waals surface area contributed by atoms with Crippen molar-refractivity contribution in [2.75, 3.05) is 39.3 Å². The highest BCUT2D eigenvalue weighted by Gasteiger charge is 2.31. The Kier molecular flexibility index (Phi) is 8.05. The van der Waals surface area contributed by atoms with Crippen LogP contribution in [0.3, 0.4) is 0 Å². The first-order valence-electron chi connectivity index (χ1n) is 10.5. The second kappa shape index (κ2) is 10.7. The molecule has 1 amide bonds. The lowest BCUT2D eigenvalue weighted by atomic mass is 9.93. The number of carbonyl (C=O) groups is 1. The Balaban J connectivity index is 1.40. The van der Waals surface area contributed by atoms with Gasteiger partial charge >= 0.3 is 0 Å². The SMILES string of the molecule is O=C(NCCCCO)C1CCCN(C2CCN(Cc3cccnc3)CC2)C1. The molecule has 1 aromatic rings. The summed E-state index contributed by atoms with van der Waals surface area (Å²) in [6, 6.07) is 4.76. The molecule has 2 N–H and O–H groups in total. The molecule has 1 atom stereocenters. The van der Waals surface area contributed by atoms with Crippen molar-refractivity contribution in [3.63, 3.8) is 0 Å².